The quantitative estimate of drug-likeness (QED) is 0.844. The van der Waals surface area contributed by atoms with Crippen molar-refractivity contribution in [1.82, 2.24) is 9.78 Å². The molecule has 0 N–H and O–H groups in total. The van der Waals surface area contributed by atoms with Crippen LogP contribution in [0.1, 0.15) is 17.5 Å². The van der Waals surface area contributed by atoms with Gasteiger partial charge >= 0.3 is 0 Å². The van der Waals surface area contributed by atoms with E-state index in [-0.39, 0.29) is 17.2 Å². The topological polar surface area (TPSA) is 34.9 Å². The Morgan fingerprint density at radius 1 is 1.47 bits per heavy atom. The number of ketones is 1. The maximum atomic E-state index is 13.6. The first kappa shape index (κ1) is 13.7. The number of nitrogens with zero attached hydrogens (tertiary/aromatic N) is 2. The van der Waals surface area contributed by atoms with Crippen molar-refractivity contribution < 1.29 is 9.18 Å². The van der Waals surface area contributed by atoms with Crippen LogP contribution in [-0.4, -0.2) is 15.6 Å². The second-order valence-corrected chi connectivity index (χ2v) is 4.86. The Hall–Kier alpha value is -1.68. The maximum absolute atomic E-state index is 13.6. The molecule has 0 atom stereocenters. The number of rotatable bonds is 5. The fourth-order valence-electron chi connectivity index (χ4n) is 1.87. The van der Waals surface area contributed by atoms with E-state index < -0.39 is 5.82 Å². The summed E-state index contributed by atoms with van der Waals surface area (Å²) in [6, 6.07) is 4.71. The van der Waals surface area contributed by atoms with Crippen LogP contribution in [-0.2, 0) is 24.7 Å². The lowest BCUT2D eigenvalue weighted by Crippen LogP contribution is -2.06. The third kappa shape index (κ3) is 3.64. The number of Topliss-reactive ketones (excluding diaryl/α,β-unsaturated/α-hetero) is 1. The number of halogens is 2. The van der Waals surface area contributed by atoms with Gasteiger partial charge in [0.05, 0.1) is 11.2 Å². The van der Waals surface area contributed by atoms with Crippen LogP contribution in [0.4, 0.5) is 4.39 Å². The summed E-state index contributed by atoms with van der Waals surface area (Å²) in [5, 5.41) is 4.09. The molecule has 0 fully saturated rings. The van der Waals surface area contributed by atoms with E-state index in [1.807, 2.05) is 13.2 Å². The molecule has 100 valence electrons. The van der Waals surface area contributed by atoms with Crippen LogP contribution in [0.5, 0.6) is 0 Å². The fraction of sp³-hybridized carbons (Fsp3) is 0.286. The lowest BCUT2D eigenvalue weighted by atomic mass is 10.0. The van der Waals surface area contributed by atoms with Crippen LogP contribution < -0.4 is 0 Å². The molecule has 0 aliphatic heterocycles. The summed E-state index contributed by atoms with van der Waals surface area (Å²) >= 11 is 5.68. The van der Waals surface area contributed by atoms with Gasteiger partial charge in [0.1, 0.15) is 11.6 Å². The summed E-state index contributed by atoms with van der Waals surface area (Å²) in [5.41, 5.74) is 1.35. The van der Waals surface area contributed by atoms with Crippen LogP contribution >= 0.6 is 11.6 Å². The SMILES string of the molecule is Cn1cc(CCC(=O)Cc2cccc(Cl)c2F)cn1. The van der Waals surface area contributed by atoms with Gasteiger partial charge in [-0.05, 0) is 23.6 Å². The van der Waals surface area contributed by atoms with Crippen LogP contribution in [0.2, 0.25) is 5.02 Å². The van der Waals surface area contributed by atoms with Gasteiger partial charge < -0.3 is 0 Å². The minimum atomic E-state index is -0.501. The molecule has 0 radical (unpaired) electrons. The van der Waals surface area contributed by atoms with Gasteiger partial charge in [-0.1, -0.05) is 23.7 Å². The Kier molecular flexibility index (Phi) is 4.32. The van der Waals surface area contributed by atoms with Gasteiger partial charge in [-0.2, -0.15) is 5.10 Å². The highest BCUT2D eigenvalue weighted by Crippen LogP contribution is 2.18. The molecule has 0 aliphatic rings. The van der Waals surface area contributed by atoms with Crippen molar-refractivity contribution in [3.63, 3.8) is 0 Å². The number of carbonyl (C=O) groups is 1. The second kappa shape index (κ2) is 5.97. The Morgan fingerprint density at radius 2 is 2.26 bits per heavy atom. The highest BCUT2D eigenvalue weighted by Gasteiger charge is 2.11. The zero-order valence-corrected chi connectivity index (χ0v) is 11.3. The van der Waals surface area contributed by atoms with E-state index in [0.717, 1.165) is 5.56 Å². The molecule has 0 saturated carbocycles. The Morgan fingerprint density at radius 3 is 2.95 bits per heavy atom. The van der Waals surface area contributed by atoms with Gasteiger partial charge in [-0.25, -0.2) is 4.39 Å². The molecule has 0 unspecified atom stereocenters. The molecule has 2 aromatic rings. The minimum Gasteiger partial charge on any atom is -0.299 e. The molecule has 0 amide bonds. The zero-order chi connectivity index (χ0) is 13.8. The van der Waals surface area contributed by atoms with Crippen LogP contribution in [0.25, 0.3) is 0 Å². The summed E-state index contributed by atoms with van der Waals surface area (Å²) < 4.78 is 15.3. The number of aryl methyl sites for hydroxylation is 2. The maximum Gasteiger partial charge on any atom is 0.145 e. The molecule has 19 heavy (non-hydrogen) atoms. The fourth-order valence-corrected chi connectivity index (χ4v) is 2.06. The molecule has 0 bridgehead atoms. The van der Waals surface area contributed by atoms with Crippen LogP contribution in [0.15, 0.2) is 30.6 Å². The van der Waals surface area contributed by atoms with E-state index in [1.165, 1.54) is 6.07 Å². The molecule has 5 heteroatoms. The summed E-state index contributed by atoms with van der Waals surface area (Å²) in [6.45, 7) is 0. The molecule has 0 saturated heterocycles. The molecule has 1 aromatic carbocycles. The smallest absolute Gasteiger partial charge is 0.145 e. The molecule has 2 rings (SSSR count). The molecule has 1 aromatic heterocycles. The monoisotopic (exact) mass is 280 g/mol. The third-order valence-electron chi connectivity index (χ3n) is 2.87. The van der Waals surface area contributed by atoms with E-state index in [9.17, 15) is 9.18 Å². The molecular formula is C14H14ClFN2O. The lowest BCUT2D eigenvalue weighted by Gasteiger charge is -2.03. The van der Waals surface area contributed by atoms with Crippen molar-refractivity contribution in [3.8, 4) is 0 Å². The standard InChI is InChI=1S/C14H14ClFN2O/c1-18-9-10(8-17-18)5-6-12(19)7-11-3-2-4-13(15)14(11)16/h2-4,8-9H,5-7H2,1H3. The van der Waals surface area contributed by atoms with Crippen molar-refractivity contribution >= 4 is 17.4 Å². The number of carbonyl (C=O) groups excluding carboxylic acids is 1. The van der Waals surface area contributed by atoms with E-state index in [1.54, 1.807) is 23.0 Å². The van der Waals surface area contributed by atoms with Gasteiger partial charge in [0, 0.05) is 26.1 Å². The van der Waals surface area contributed by atoms with Crippen LogP contribution in [0.3, 0.4) is 0 Å². The lowest BCUT2D eigenvalue weighted by molar-refractivity contribution is -0.118. The predicted octanol–water partition coefficient (Wildman–Crippen LogP) is 2.96. The highest BCUT2D eigenvalue weighted by atomic mass is 35.5. The van der Waals surface area contributed by atoms with Crippen LogP contribution in [0, 0.1) is 5.82 Å². The van der Waals surface area contributed by atoms with Crippen molar-refractivity contribution in [2.45, 2.75) is 19.3 Å². The number of hydrogen-bond acceptors (Lipinski definition) is 2. The molecule has 0 spiro atoms. The van der Waals surface area contributed by atoms with Crippen molar-refractivity contribution in [2.75, 3.05) is 0 Å². The van der Waals surface area contributed by atoms with E-state index in [0.29, 0.717) is 18.4 Å². The zero-order valence-electron chi connectivity index (χ0n) is 10.6. The largest absolute Gasteiger partial charge is 0.299 e. The van der Waals surface area contributed by atoms with Crippen molar-refractivity contribution in [2.24, 2.45) is 7.05 Å². The predicted molar refractivity (Wildman–Crippen MR) is 71.7 cm³/mol. The Balaban J connectivity index is 1.92. The van der Waals surface area contributed by atoms with Gasteiger partial charge in [0.15, 0.2) is 0 Å². The minimum absolute atomic E-state index is 0.00924. The summed E-state index contributed by atoms with van der Waals surface area (Å²) in [6.07, 6.45) is 4.67. The third-order valence-corrected chi connectivity index (χ3v) is 3.16. The molecular weight excluding hydrogens is 267 g/mol. The first-order valence-corrected chi connectivity index (χ1v) is 6.36. The second-order valence-electron chi connectivity index (χ2n) is 4.45. The van der Waals surface area contributed by atoms with Gasteiger partial charge in [-0.15, -0.1) is 0 Å². The van der Waals surface area contributed by atoms with E-state index in [2.05, 4.69) is 5.10 Å². The van der Waals surface area contributed by atoms with Crippen molar-refractivity contribution in [3.05, 3.63) is 52.6 Å². The highest BCUT2D eigenvalue weighted by molar-refractivity contribution is 6.30. The van der Waals surface area contributed by atoms with Gasteiger partial charge in [0.2, 0.25) is 0 Å². The average Bonchev–Trinajstić information content (AvgIpc) is 2.78. The van der Waals surface area contributed by atoms with Gasteiger partial charge in [-0.3, -0.25) is 9.48 Å². The number of benzene rings is 1. The van der Waals surface area contributed by atoms with Crippen molar-refractivity contribution in [1.29, 1.82) is 0 Å². The molecule has 1 heterocycles. The number of hydrogen-bond donors (Lipinski definition) is 0. The van der Waals surface area contributed by atoms with E-state index >= 15 is 0 Å². The average molecular weight is 281 g/mol. The first-order valence-electron chi connectivity index (χ1n) is 5.98. The first-order chi connectivity index (χ1) is 9.06. The Bertz CT molecular complexity index is 595. The van der Waals surface area contributed by atoms with Gasteiger partial charge in [0.25, 0.3) is 0 Å². The molecule has 0 aliphatic carbocycles. The summed E-state index contributed by atoms with van der Waals surface area (Å²) in [5.74, 6) is -0.510. The molecule has 3 nitrogen and oxygen atoms in total. The Labute approximate surface area is 116 Å². The number of aromatic nitrogens is 2. The van der Waals surface area contributed by atoms with E-state index in [4.69, 9.17) is 11.6 Å². The normalized spacial score (nSPS) is 10.7. The summed E-state index contributed by atoms with van der Waals surface area (Å²) in [4.78, 5) is 11.8. The summed E-state index contributed by atoms with van der Waals surface area (Å²) in [7, 11) is 1.83.